The molecule has 0 N–H and O–H groups in total. The van der Waals surface area contributed by atoms with Crippen molar-refractivity contribution in [1.82, 2.24) is 4.90 Å². The summed E-state index contributed by atoms with van der Waals surface area (Å²) in [7, 11) is 1.41. The Balaban J connectivity index is 2.27. The van der Waals surface area contributed by atoms with E-state index in [-0.39, 0.29) is 13.2 Å². The molecule has 0 aliphatic heterocycles. The number of ether oxygens (including phenoxy) is 3. The fourth-order valence-corrected chi connectivity index (χ4v) is 1.56. The lowest BCUT2D eigenvalue weighted by Crippen LogP contribution is -2.38. The van der Waals surface area contributed by atoms with E-state index in [4.69, 9.17) is 14.2 Å². The van der Waals surface area contributed by atoms with E-state index in [0.717, 1.165) is 10.5 Å². The van der Waals surface area contributed by atoms with Gasteiger partial charge >= 0.3 is 18.0 Å². The minimum atomic E-state index is -0.722. The monoisotopic (exact) mass is 337 g/mol. The van der Waals surface area contributed by atoms with Crippen molar-refractivity contribution < 1.29 is 28.6 Å². The van der Waals surface area contributed by atoms with Crippen LogP contribution < -0.4 is 0 Å². The molecule has 0 radical (unpaired) electrons. The molecule has 1 aromatic carbocycles. The third-order valence-electron chi connectivity index (χ3n) is 2.67. The quantitative estimate of drug-likeness (QED) is 0.584. The van der Waals surface area contributed by atoms with Gasteiger partial charge in [-0.3, -0.25) is 4.79 Å². The summed E-state index contributed by atoms with van der Waals surface area (Å²) in [4.78, 5) is 35.9. The van der Waals surface area contributed by atoms with E-state index in [1.165, 1.54) is 7.05 Å². The van der Waals surface area contributed by atoms with Crippen LogP contribution in [0.25, 0.3) is 0 Å². The first-order valence-corrected chi connectivity index (χ1v) is 7.46. The Morgan fingerprint density at radius 3 is 2.21 bits per heavy atom. The van der Waals surface area contributed by atoms with Gasteiger partial charge in [0.05, 0.1) is 0 Å². The number of carbonyl (C=O) groups excluding carboxylic acids is 3. The highest BCUT2D eigenvalue weighted by molar-refractivity contribution is 5.80. The summed E-state index contributed by atoms with van der Waals surface area (Å²) in [6.07, 6.45) is -0.647. The number of hydrogen-bond acceptors (Lipinski definition) is 6. The third kappa shape index (κ3) is 8.17. The van der Waals surface area contributed by atoms with E-state index >= 15 is 0 Å². The van der Waals surface area contributed by atoms with Crippen molar-refractivity contribution in [2.45, 2.75) is 33.0 Å². The van der Waals surface area contributed by atoms with Crippen LogP contribution in [0.4, 0.5) is 4.79 Å². The topological polar surface area (TPSA) is 82.1 Å². The molecule has 0 aliphatic carbocycles. The van der Waals surface area contributed by atoms with Crippen LogP contribution in [0, 0.1) is 0 Å². The normalized spacial score (nSPS) is 10.7. The van der Waals surface area contributed by atoms with Gasteiger partial charge in [0.2, 0.25) is 0 Å². The molecule has 0 fully saturated rings. The van der Waals surface area contributed by atoms with E-state index in [1.807, 2.05) is 30.3 Å². The van der Waals surface area contributed by atoms with Crippen LogP contribution in [-0.2, 0) is 30.4 Å². The summed E-state index contributed by atoms with van der Waals surface area (Å²) < 4.78 is 14.9. The fraction of sp³-hybridized carbons (Fsp3) is 0.471. The molecule has 1 rings (SSSR count). The molecule has 7 heteroatoms. The molecule has 0 atom stereocenters. The van der Waals surface area contributed by atoms with E-state index in [2.05, 4.69) is 0 Å². The second-order valence-corrected chi connectivity index (χ2v) is 6.14. The van der Waals surface area contributed by atoms with Crippen LogP contribution in [0.3, 0.4) is 0 Å². The highest BCUT2D eigenvalue weighted by Crippen LogP contribution is 2.09. The first-order chi connectivity index (χ1) is 11.2. The Morgan fingerprint density at radius 2 is 1.62 bits per heavy atom. The lowest BCUT2D eigenvalue weighted by atomic mass is 10.2. The Kier molecular flexibility index (Phi) is 7.23. The van der Waals surface area contributed by atoms with Crippen molar-refractivity contribution in [3.63, 3.8) is 0 Å². The summed E-state index contributed by atoms with van der Waals surface area (Å²) in [5.74, 6) is -1.38. The van der Waals surface area contributed by atoms with Crippen molar-refractivity contribution in [3.05, 3.63) is 35.9 Å². The molecule has 0 aliphatic rings. The second kappa shape index (κ2) is 8.90. The molecular formula is C17H23NO6. The van der Waals surface area contributed by atoms with Crippen molar-refractivity contribution in [2.75, 3.05) is 20.2 Å². The number of hydrogen-bond donors (Lipinski definition) is 0. The maximum absolute atomic E-state index is 11.7. The van der Waals surface area contributed by atoms with Gasteiger partial charge in [-0.2, -0.15) is 0 Å². The molecule has 1 amide bonds. The summed E-state index contributed by atoms with van der Waals surface area (Å²) in [6, 6.07) is 9.14. The highest BCUT2D eigenvalue weighted by atomic mass is 16.6. The maximum Gasteiger partial charge on any atom is 0.410 e. The van der Waals surface area contributed by atoms with Gasteiger partial charge in [-0.25, -0.2) is 9.59 Å². The standard InChI is InChI=1S/C17H23NO6/c1-17(2,3)24-16(21)18(4)10-14(19)23-12-15(20)22-11-13-8-6-5-7-9-13/h5-9H,10-12H2,1-4H3. The van der Waals surface area contributed by atoms with E-state index in [1.54, 1.807) is 20.8 Å². The third-order valence-corrected chi connectivity index (χ3v) is 2.67. The van der Waals surface area contributed by atoms with Crippen molar-refractivity contribution in [1.29, 1.82) is 0 Å². The average molecular weight is 337 g/mol. The number of esters is 2. The Bertz CT molecular complexity index is 564. The molecular weight excluding hydrogens is 314 g/mol. The molecule has 0 heterocycles. The van der Waals surface area contributed by atoms with Gasteiger partial charge in [-0.1, -0.05) is 30.3 Å². The molecule has 7 nitrogen and oxygen atoms in total. The average Bonchev–Trinajstić information content (AvgIpc) is 2.50. The lowest BCUT2D eigenvalue weighted by molar-refractivity contribution is -0.159. The maximum atomic E-state index is 11.7. The van der Waals surface area contributed by atoms with Crippen molar-refractivity contribution >= 4 is 18.0 Å². The smallest absolute Gasteiger partial charge is 0.410 e. The van der Waals surface area contributed by atoms with E-state index in [9.17, 15) is 14.4 Å². The predicted molar refractivity (Wildman–Crippen MR) is 86.1 cm³/mol. The number of carbonyl (C=O) groups is 3. The van der Waals surface area contributed by atoms with Crippen LogP contribution in [-0.4, -0.2) is 48.7 Å². The van der Waals surface area contributed by atoms with Crippen molar-refractivity contribution in [3.8, 4) is 0 Å². The van der Waals surface area contributed by atoms with Crippen LogP contribution in [0.1, 0.15) is 26.3 Å². The zero-order valence-corrected chi connectivity index (χ0v) is 14.4. The largest absolute Gasteiger partial charge is 0.458 e. The number of amides is 1. The van der Waals surface area contributed by atoms with Crippen molar-refractivity contribution in [2.24, 2.45) is 0 Å². The summed E-state index contributed by atoms with van der Waals surface area (Å²) >= 11 is 0. The summed E-state index contributed by atoms with van der Waals surface area (Å²) in [5, 5.41) is 0. The summed E-state index contributed by atoms with van der Waals surface area (Å²) in [5.41, 5.74) is 0.179. The first-order valence-electron chi connectivity index (χ1n) is 7.46. The van der Waals surface area contributed by atoms with Crippen LogP contribution in [0.15, 0.2) is 30.3 Å². The Morgan fingerprint density at radius 1 is 1.00 bits per heavy atom. The molecule has 0 unspecified atom stereocenters. The van der Waals surface area contributed by atoms with Gasteiger partial charge in [-0.05, 0) is 26.3 Å². The highest BCUT2D eigenvalue weighted by Gasteiger charge is 2.22. The van der Waals surface area contributed by atoms with Gasteiger partial charge in [0, 0.05) is 7.05 Å². The number of rotatable bonds is 6. The minimum Gasteiger partial charge on any atom is -0.458 e. The summed E-state index contributed by atoms with van der Waals surface area (Å²) in [6.45, 7) is 4.45. The SMILES string of the molecule is CN(CC(=O)OCC(=O)OCc1ccccc1)C(=O)OC(C)(C)C. The van der Waals surface area contributed by atoms with Gasteiger partial charge in [0.15, 0.2) is 6.61 Å². The minimum absolute atomic E-state index is 0.106. The predicted octanol–water partition coefficient (Wildman–Crippen LogP) is 2.14. The Hall–Kier alpha value is -2.57. The number of benzene rings is 1. The van der Waals surface area contributed by atoms with Gasteiger partial charge in [-0.15, -0.1) is 0 Å². The zero-order valence-electron chi connectivity index (χ0n) is 14.4. The van der Waals surface area contributed by atoms with Crippen LogP contribution in [0.2, 0.25) is 0 Å². The lowest BCUT2D eigenvalue weighted by Gasteiger charge is -2.24. The molecule has 0 aromatic heterocycles. The zero-order chi connectivity index (χ0) is 18.2. The fourth-order valence-electron chi connectivity index (χ4n) is 1.56. The van der Waals surface area contributed by atoms with E-state index in [0.29, 0.717) is 0 Å². The van der Waals surface area contributed by atoms with E-state index < -0.39 is 30.2 Å². The van der Waals surface area contributed by atoms with Gasteiger partial charge in [0.25, 0.3) is 0 Å². The first kappa shape index (κ1) is 19.5. The number of nitrogens with zero attached hydrogens (tertiary/aromatic N) is 1. The van der Waals surface area contributed by atoms with Gasteiger partial charge < -0.3 is 19.1 Å². The Labute approximate surface area is 141 Å². The molecule has 0 saturated carbocycles. The number of likely N-dealkylation sites (N-methyl/N-ethyl adjacent to an activating group) is 1. The van der Waals surface area contributed by atoms with Crippen LogP contribution in [0.5, 0.6) is 0 Å². The second-order valence-electron chi connectivity index (χ2n) is 6.14. The molecule has 1 aromatic rings. The molecule has 0 bridgehead atoms. The van der Waals surface area contributed by atoms with Gasteiger partial charge in [0.1, 0.15) is 18.8 Å². The molecule has 24 heavy (non-hydrogen) atoms. The molecule has 132 valence electrons. The van der Waals surface area contributed by atoms with Crippen LogP contribution >= 0.6 is 0 Å². The molecule has 0 saturated heterocycles. The molecule has 0 spiro atoms.